The number of carbonyl (C=O) groups is 1. The van der Waals surface area contributed by atoms with Crippen molar-refractivity contribution in [1.82, 2.24) is 5.32 Å². The van der Waals surface area contributed by atoms with E-state index in [2.05, 4.69) is 10.1 Å². The lowest BCUT2D eigenvalue weighted by molar-refractivity contribution is -0.385. The first-order chi connectivity index (χ1) is 9.87. The Morgan fingerprint density at radius 3 is 2.57 bits per heavy atom. The van der Waals surface area contributed by atoms with Crippen molar-refractivity contribution in [3.05, 3.63) is 28.3 Å². The molecule has 0 saturated carbocycles. The number of carbonyl (C=O) groups excluding carboxylic acids is 1. The number of rotatable bonds is 7. The number of nitro benzene ring substituents is 1. The number of hydrogen-bond acceptors (Lipinski definition) is 7. The van der Waals surface area contributed by atoms with Crippen LogP contribution in [0.4, 0.5) is 5.69 Å². The molecule has 1 unspecified atom stereocenters. The zero-order chi connectivity index (χ0) is 16.0. The maximum absolute atomic E-state index is 11.7. The Morgan fingerprint density at radius 2 is 2.10 bits per heavy atom. The van der Waals surface area contributed by atoms with Crippen LogP contribution in [-0.2, 0) is 9.53 Å². The molecule has 0 radical (unpaired) electrons. The fraction of sp³-hybridized carbons (Fsp3) is 0.462. The minimum atomic E-state index is -1.05. The second-order valence-corrected chi connectivity index (χ2v) is 4.45. The Morgan fingerprint density at radius 1 is 1.43 bits per heavy atom. The molecule has 0 aliphatic carbocycles. The normalized spacial score (nSPS) is 13.1. The quantitative estimate of drug-likeness (QED) is 0.457. The fourth-order valence-electron chi connectivity index (χ4n) is 1.59. The molecule has 0 amide bonds. The van der Waals surface area contributed by atoms with E-state index in [0.29, 0.717) is 0 Å². The molecule has 0 aliphatic rings. The van der Waals surface area contributed by atoms with Crippen LogP contribution < -0.4 is 14.8 Å². The molecule has 1 atom stereocenters. The molecule has 0 bridgehead atoms. The summed E-state index contributed by atoms with van der Waals surface area (Å²) in [4.78, 5) is 22.0. The number of hydrogen-bond donors (Lipinski definition) is 1. The second kappa shape index (κ2) is 6.89. The van der Waals surface area contributed by atoms with E-state index < -0.39 is 16.4 Å². The first-order valence-corrected chi connectivity index (χ1v) is 6.10. The van der Waals surface area contributed by atoms with E-state index in [4.69, 9.17) is 9.47 Å². The van der Waals surface area contributed by atoms with Crippen LogP contribution in [0.2, 0.25) is 0 Å². The topological polar surface area (TPSA) is 99.9 Å². The van der Waals surface area contributed by atoms with Gasteiger partial charge in [0.2, 0.25) is 0 Å². The van der Waals surface area contributed by atoms with E-state index in [1.807, 2.05) is 0 Å². The predicted octanol–water partition coefficient (Wildman–Crippen LogP) is 1.13. The molecular formula is C13H18N2O6. The highest BCUT2D eigenvalue weighted by molar-refractivity contribution is 5.80. The zero-order valence-corrected chi connectivity index (χ0v) is 12.3. The van der Waals surface area contributed by atoms with Crippen LogP contribution in [0.25, 0.3) is 0 Å². The summed E-state index contributed by atoms with van der Waals surface area (Å²) in [5, 5.41) is 13.7. The number of ether oxygens (including phenoxy) is 3. The monoisotopic (exact) mass is 298 g/mol. The molecule has 0 heterocycles. The molecular weight excluding hydrogens is 280 g/mol. The van der Waals surface area contributed by atoms with Crippen LogP contribution in [-0.4, -0.2) is 44.3 Å². The minimum Gasteiger partial charge on any atom is -0.491 e. The van der Waals surface area contributed by atoms with Gasteiger partial charge in [0.05, 0.1) is 25.2 Å². The van der Waals surface area contributed by atoms with Crippen LogP contribution in [0.3, 0.4) is 0 Å². The zero-order valence-electron chi connectivity index (χ0n) is 12.3. The lowest BCUT2D eigenvalue weighted by Crippen LogP contribution is -2.52. The third-order valence-electron chi connectivity index (χ3n) is 3.06. The molecule has 1 N–H and O–H groups in total. The third-order valence-corrected chi connectivity index (χ3v) is 3.06. The number of nitrogens with zero attached hydrogens (tertiary/aromatic N) is 1. The summed E-state index contributed by atoms with van der Waals surface area (Å²) in [6.07, 6.45) is 0. The van der Waals surface area contributed by atoms with Gasteiger partial charge in [-0.25, -0.2) is 4.79 Å². The smallest absolute Gasteiger partial charge is 0.329 e. The average Bonchev–Trinajstić information content (AvgIpc) is 2.51. The summed E-state index contributed by atoms with van der Waals surface area (Å²) in [7, 11) is 4.21. The van der Waals surface area contributed by atoms with Gasteiger partial charge in [0.25, 0.3) is 0 Å². The van der Waals surface area contributed by atoms with E-state index in [0.717, 1.165) is 0 Å². The predicted molar refractivity (Wildman–Crippen MR) is 74.6 cm³/mol. The van der Waals surface area contributed by atoms with Gasteiger partial charge in [-0.1, -0.05) is 0 Å². The number of nitrogens with one attached hydrogen (secondary N) is 1. The summed E-state index contributed by atoms with van der Waals surface area (Å²) < 4.78 is 15.0. The number of benzene rings is 1. The van der Waals surface area contributed by atoms with E-state index >= 15 is 0 Å². The van der Waals surface area contributed by atoms with Gasteiger partial charge in [0.1, 0.15) is 17.9 Å². The van der Waals surface area contributed by atoms with Gasteiger partial charge in [0.15, 0.2) is 5.75 Å². The minimum absolute atomic E-state index is 0.0420. The largest absolute Gasteiger partial charge is 0.491 e. The van der Waals surface area contributed by atoms with E-state index in [1.165, 1.54) is 32.4 Å². The lowest BCUT2D eigenvalue weighted by atomic mass is 10.1. The molecule has 8 nitrogen and oxygen atoms in total. The van der Waals surface area contributed by atoms with Crippen LogP contribution in [0.5, 0.6) is 11.5 Å². The molecule has 1 aromatic rings. The molecule has 21 heavy (non-hydrogen) atoms. The van der Waals surface area contributed by atoms with Crippen molar-refractivity contribution in [2.75, 3.05) is 27.9 Å². The fourth-order valence-corrected chi connectivity index (χ4v) is 1.59. The first kappa shape index (κ1) is 16.7. The number of esters is 1. The molecule has 0 aromatic heterocycles. The van der Waals surface area contributed by atoms with E-state index in [-0.39, 0.29) is 23.8 Å². The van der Waals surface area contributed by atoms with Crippen LogP contribution in [0, 0.1) is 10.1 Å². The van der Waals surface area contributed by atoms with Gasteiger partial charge in [-0.2, -0.15) is 0 Å². The summed E-state index contributed by atoms with van der Waals surface area (Å²) in [5.74, 6) is -0.0995. The lowest BCUT2D eigenvalue weighted by Gasteiger charge is -2.25. The molecule has 0 fully saturated rings. The average molecular weight is 298 g/mol. The molecule has 0 spiro atoms. The first-order valence-electron chi connectivity index (χ1n) is 6.10. The van der Waals surface area contributed by atoms with Gasteiger partial charge in [-0.15, -0.1) is 0 Å². The van der Waals surface area contributed by atoms with Crippen molar-refractivity contribution in [2.45, 2.75) is 12.5 Å². The summed E-state index contributed by atoms with van der Waals surface area (Å²) in [6.45, 7) is 1.57. The maximum Gasteiger partial charge on any atom is 0.329 e. The number of methoxy groups -OCH3 is 2. The molecule has 8 heteroatoms. The standard InChI is InChI=1S/C13H18N2O6/c1-13(14-2,12(16)20-4)8-21-9-5-6-11(19-3)10(7-9)15(17)18/h5-7,14H,8H2,1-4H3. The summed E-state index contributed by atoms with van der Waals surface area (Å²) in [5.41, 5.74) is -1.26. The van der Waals surface area contributed by atoms with Crippen LogP contribution in [0.15, 0.2) is 18.2 Å². The Labute approximate surface area is 122 Å². The molecule has 0 saturated heterocycles. The van der Waals surface area contributed by atoms with Gasteiger partial charge >= 0.3 is 11.7 Å². The Balaban J connectivity index is 2.91. The van der Waals surface area contributed by atoms with Crippen molar-refractivity contribution in [1.29, 1.82) is 0 Å². The van der Waals surface area contributed by atoms with Crippen molar-refractivity contribution < 1.29 is 23.9 Å². The highest BCUT2D eigenvalue weighted by atomic mass is 16.6. The highest BCUT2D eigenvalue weighted by Crippen LogP contribution is 2.31. The van der Waals surface area contributed by atoms with E-state index in [9.17, 15) is 14.9 Å². The van der Waals surface area contributed by atoms with Crippen LogP contribution in [0.1, 0.15) is 6.92 Å². The third kappa shape index (κ3) is 3.82. The van der Waals surface area contributed by atoms with E-state index in [1.54, 1.807) is 14.0 Å². The number of nitro groups is 1. The second-order valence-electron chi connectivity index (χ2n) is 4.45. The van der Waals surface area contributed by atoms with Gasteiger partial charge in [-0.05, 0) is 26.1 Å². The SMILES string of the molecule is CNC(C)(COc1ccc(OC)c([N+](=O)[O-])c1)C(=O)OC. The Hall–Kier alpha value is -2.35. The molecule has 1 rings (SSSR count). The van der Waals surface area contributed by atoms with Crippen molar-refractivity contribution in [2.24, 2.45) is 0 Å². The Bertz CT molecular complexity index is 533. The summed E-state index contributed by atoms with van der Waals surface area (Å²) in [6, 6.07) is 4.20. The molecule has 0 aliphatic heterocycles. The van der Waals surface area contributed by atoms with Crippen molar-refractivity contribution >= 4 is 11.7 Å². The van der Waals surface area contributed by atoms with Crippen molar-refractivity contribution in [3.8, 4) is 11.5 Å². The molecule has 116 valence electrons. The molecule has 1 aromatic carbocycles. The number of likely N-dealkylation sites (N-methyl/N-ethyl adjacent to an activating group) is 1. The van der Waals surface area contributed by atoms with Crippen molar-refractivity contribution in [3.63, 3.8) is 0 Å². The van der Waals surface area contributed by atoms with Gasteiger partial charge in [0, 0.05) is 0 Å². The van der Waals surface area contributed by atoms with Gasteiger partial charge in [-0.3, -0.25) is 10.1 Å². The summed E-state index contributed by atoms with van der Waals surface area (Å²) >= 11 is 0. The maximum atomic E-state index is 11.7. The highest BCUT2D eigenvalue weighted by Gasteiger charge is 2.33. The van der Waals surface area contributed by atoms with Crippen LogP contribution >= 0.6 is 0 Å². The Kier molecular flexibility index (Phi) is 5.48. The van der Waals surface area contributed by atoms with Gasteiger partial charge < -0.3 is 19.5 Å².